The second-order valence-corrected chi connectivity index (χ2v) is 6.16. The van der Waals surface area contributed by atoms with E-state index in [0.29, 0.717) is 38.2 Å². The molecule has 108 valence electrons. The summed E-state index contributed by atoms with van der Waals surface area (Å²) in [6.45, 7) is 4.42. The summed E-state index contributed by atoms with van der Waals surface area (Å²) in [6.07, 6.45) is 2.95. The Morgan fingerprint density at radius 2 is 2.21 bits per heavy atom. The van der Waals surface area contributed by atoms with Crippen molar-refractivity contribution < 1.29 is 13.2 Å². The van der Waals surface area contributed by atoms with Crippen molar-refractivity contribution in [2.75, 3.05) is 19.8 Å². The van der Waals surface area contributed by atoms with Gasteiger partial charge in [0.2, 0.25) is 0 Å². The largest absolute Gasteiger partial charge is 0.381 e. The maximum atomic E-state index is 12.3. The molecule has 0 saturated carbocycles. The molecule has 0 atom stereocenters. The molecule has 7 nitrogen and oxygen atoms in total. The third kappa shape index (κ3) is 3.75. The number of nitrogens with one attached hydrogen (secondary N) is 3. The predicted octanol–water partition coefficient (Wildman–Crippen LogP) is -0.0235. The van der Waals surface area contributed by atoms with Crippen LogP contribution in [0.1, 0.15) is 25.3 Å². The van der Waals surface area contributed by atoms with Gasteiger partial charge in [0.1, 0.15) is 0 Å². The van der Waals surface area contributed by atoms with Gasteiger partial charge in [-0.15, -0.1) is 0 Å². The lowest BCUT2D eigenvalue weighted by atomic mass is 10.1. The summed E-state index contributed by atoms with van der Waals surface area (Å²) in [4.78, 5) is 0. The van der Waals surface area contributed by atoms with E-state index in [1.807, 2.05) is 6.92 Å². The first-order valence-electron chi connectivity index (χ1n) is 6.46. The van der Waals surface area contributed by atoms with Crippen LogP contribution in [0.2, 0.25) is 0 Å². The molecule has 3 N–H and O–H groups in total. The van der Waals surface area contributed by atoms with Crippen molar-refractivity contribution in [3.8, 4) is 0 Å². The number of aromatic amines is 1. The summed E-state index contributed by atoms with van der Waals surface area (Å²) in [6, 6.07) is -0.0611. The Bertz CT molecular complexity index is 494. The van der Waals surface area contributed by atoms with Crippen molar-refractivity contribution in [3.05, 3.63) is 11.8 Å². The van der Waals surface area contributed by atoms with Crippen molar-refractivity contribution in [2.24, 2.45) is 0 Å². The van der Waals surface area contributed by atoms with Gasteiger partial charge in [0, 0.05) is 31.4 Å². The van der Waals surface area contributed by atoms with Crippen molar-refractivity contribution in [3.63, 3.8) is 0 Å². The third-order valence-corrected chi connectivity index (χ3v) is 4.59. The number of nitrogens with zero attached hydrogens (tertiary/aromatic N) is 1. The number of aromatic nitrogens is 2. The normalized spacial score (nSPS) is 17.7. The molecule has 0 aliphatic carbocycles. The molecule has 1 aromatic heterocycles. The summed E-state index contributed by atoms with van der Waals surface area (Å²) in [5.41, 5.74) is 0.654. The molecule has 0 bridgehead atoms. The molecule has 0 unspecified atom stereocenters. The highest BCUT2D eigenvalue weighted by molar-refractivity contribution is 7.89. The highest BCUT2D eigenvalue weighted by Crippen LogP contribution is 2.15. The lowest BCUT2D eigenvalue weighted by Gasteiger charge is -2.22. The van der Waals surface area contributed by atoms with Crippen LogP contribution in [-0.2, 0) is 21.3 Å². The highest BCUT2D eigenvalue weighted by atomic mass is 32.2. The zero-order chi connectivity index (χ0) is 13.7. The topological polar surface area (TPSA) is 96.1 Å². The van der Waals surface area contributed by atoms with Crippen LogP contribution in [0.15, 0.2) is 11.2 Å². The van der Waals surface area contributed by atoms with E-state index >= 15 is 0 Å². The summed E-state index contributed by atoms with van der Waals surface area (Å²) >= 11 is 0. The third-order valence-electron chi connectivity index (χ3n) is 3.06. The monoisotopic (exact) mass is 288 g/mol. The highest BCUT2D eigenvalue weighted by Gasteiger charge is 2.25. The second kappa shape index (κ2) is 6.47. The fourth-order valence-corrected chi connectivity index (χ4v) is 3.45. The molecule has 1 saturated heterocycles. The van der Waals surface area contributed by atoms with Crippen LogP contribution in [0.4, 0.5) is 0 Å². The second-order valence-electron chi connectivity index (χ2n) is 4.51. The molecule has 1 aromatic rings. The molecule has 1 fully saturated rings. The summed E-state index contributed by atoms with van der Waals surface area (Å²) in [5.74, 6) is 0. The van der Waals surface area contributed by atoms with Gasteiger partial charge in [-0.05, 0) is 19.4 Å². The standard InChI is InChI=1S/C11H20N4O3S/c1-2-12-7-9-8-13-14-11(9)19(16,17)15-10-3-5-18-6-4-10/h8,10,12,15H,2-7H2,1H3,(H,13,14). The van der Waals surface area contributed by atoms with Crippen molar-refractivity contribution >= 4 is 10.0 Å². The van der Waals surface area contributed by atoms with E-state index in [1.165, 1.54) is 0 Å². The Balaban J connectivity index is 2.08. The molecule has 1 aliphatic rings. The number of hydrogen-bond acceptors (Lipinski definition) is 5. The first-order chi connectivity index (χ1) is 9.13. The van der Waals surface area contributed by atoms with Gasteiger partial charge in [0.15, 0.2) is 5.03 Å². The molecular weight excluding hydrogens is 268 g/mol. The fourth-order valence-electron chi connectivity index (χ4n) is 2.01. The van der Waals surface area contributed by atoms with Gasteiger partial charge >= 0.3 is 0 Å². The van der Waals surface area contributed by atoms with E-state index in [0.717, 1.165) is 6.54 Å². The minimum Gasteiger partial charge on any atom is -0.381 e. The van der Waals surface area contributed by atoms with E-state index in [1.54, 1.807) is 6.20 Å². The van der Waals surface area contributed by atoms with Crippen LogP contribution in [0.3, 0.4) is 0 Å². The molecule has 0 spiro atoms. The van der Waals surface area contributed by atoms with Crippen molar-refractivity contribution in [2.45, 2.75) is 37.4 Å². The number of rotatable bonds is 6. The van der Waals surface area contributed by atoms with Crippen LogP contribution in [0.25, 0.3) is 0 Å². The Morgan fingerprint density at radius 1 is 1.47 bits per heavy atom. The zero-order valence-corrected chi connectivity index (χ0v) is 11.8. The Morgan fingerprint density at radius 3 is 2.89 bits per heavy atom. The van der Waals surface area contributed by atoms with E-state index in [-0.39, 0.29) is 11.1 Å². The first-order valence-corrected chi connectivity index (χ1v) is 7.95. The van der Waals surface area contributed by atoms with Crippen LogP contribution in [-0.4, -0.2) is 44.4 Å². The van der Waals surface area contributed by atoms with Crippen LogP contribution in [0, 0.1) is 0 Å². The van der Waals surface area contributed by atoms with E-state index in [9.17, 15) is 8.42 Å². The van der Waals surface area contributed by atoms with Gasteiger partial charge in [0.05, 0.1) is 6.20 Å². The molecule has 2 rings (SSSR count). The Labute approximate surface area is 113 Å². The maximum absolute atomic E-state index is 12.3. The van der Waals surface area contributed by atoms with Gasteiger partial charge in [-0.3, -0.25) is 5.10 Å². The molecule has 1 aliphatic heterocycles. The van der Waals surface area contributed by atoms with Crippen LogP contribution >= 0.6 is 0 Å². The SMILES string of the molecule is CCNCc1cn[nH]c1S(=O)(=O)NC1CCOCC1. The van der Waals surface area contributed by atoms with Crippen molar-refractivity contribution in [1.82, 2.24) is 20.2 Å². The number of hydrogen-bond donors (Lipinski definition) is 3. The van der Waals surface area contributed by atoms with Crippen molar-refractivity contribution in [1.29, 1.82) is 0 Å². The summed E-state index contributed by atoms with van der Waals surface area (Å²) < 4.78 is 32.5. The molecule has 2 heterocycles. The summed E-state index contributed by atoms with van der Waals surface area (Å²) in [5, 5.41) is 9.65. The average molecular weight is 288 g/mol. The van der Waals surface area contributed by atoms with E-state index < -0.39 is 10.0 Å². The average Bonchev–Trinajstić information content (AvgIpc) is 2.86. The lowest BCUT2D eigenvalue weighted by Crippen LogP contribution is -2.39. The number of H-pyrrole nitrogens is 1. The number of ether oxygens (including phenoxy) is 1. The van der Waals surface area contributed by atoms with Crippen LogP contribution < -0.4 is 10.0 Å². The molecule has 0 radical (unpaired) electrons. The van der Waals surface area contributed by atoms with Gasteiger partial charge in [0.25, 0.3) is 10.0 Å². The van der Waals surface area contributed by atoms with Crippen LogP contribution in [0.5, 0.6) is 0 Å². The van der Waals surface area contributed by atoms with E-state index in [2.05, 4.69) is 20.2 Å². The summed E-state index contributed by atoms with van der Waals surface area (Å²) in [7, 11) is -3.54. The maximum Gasteiger partial charge on any atom is 0.258 e. The molecule has 19 heavy (non-hydrogen) atoms. The Hall–Kier alpha value is -0.960. The zero-order valence-electron chi connectivity index (χ0n) is 11.0. The lowest BCUT2D eigenvalue weighted by molar-refractivity contribution is 0.0832. The molecular formula is C11H20N4O3S. The van der Waals surface area contributed by atoms with Gasteiger partial charge in [-0.1, -0.05) is 6.92 Å². The van der Waals surface area contributed by atoms with Gasteiger partial charge in [-0.2, -0.15) is 5.10 Å². The van der Waals surface area contributed by atoms with Gasteiger partial charge < -0.3 is 10.1 Å². The number of sulfonamides is 1. The molecule has 8 heteroatoms. The quantitative estimate of drug-likeness (QED) is 0.683. The minimum absolute atomic E-state index is 0.0611. The predicted molar refractivity (Wildman–Crippen MR) is 70.1 cm³/mol. The Kier molecular flexibility index (Phi) is 4.92. The van der Waals surface area contributed by atoms with E-state index in [4.69, 9.17) is 4.74 Å². The van der Waals surface area contributed by atoms with Gasteiger partial charge in [-0.25, -0.2) is 13.1 Å². The molecule has 0 aromatic carbocycles. The first kappa shape index (κ1) is 14.4. The molecule has 0 amide bonds. The fraction of sp³-hybridized carbons (Fsp3) is 0.727. The minimum atomic E-state index is -3.54. The smallest absolute Gasteiger partial charge is 0.258 e.